The second-order valence-corrected chi connectivity index (χ2v) is 5.20. The molecule has 0 radical (unpaired) electrons. The van der Waals surface area contributed by atoms with Gasteiger partial charge in [0.05, 0.1) is 12.6 Å². The maximum Gasteiger partial charge on any atom is 0.290 e. The van der Waals surface area contributed by atoms with Gasteiger partial charge in [-0.05, 0) is 25.9 Å². The molecule has 2 aromatic heterocycles. The van der Waals surface area contributed by atoms with Crippen LogP contribution in [0.2, 0.25) is 0 Å². The molecule has 3 heterocycles. The molecule has 23 heavy (non-hydrogen) atoms. The van der Waals surface area contributed by atoms with E-state index in [-0.39, 0.29) is 24.1 Å². The molecule has 1 fully saturated rings. The molecule has 0 saturated carbocycles. The molecule has 0 aliphatic carbocycles. The van der Waals surface area contributed by atoms with E-state index in [0.29, 0.717) is 12.2 Å². The van der Waals surface area contributed by atoms with Gasteiger partial charge >= 0.3 is 0 Å². The highest BCUT2D eigenvalue weighted by Crippen LogP contribution is 2.08. The minimum atomic E-state index is -0.582. The maximum atomic E-state index is 12.2. The van der Waals surface area contributed by atoms with Gasteiger partial charge in [0.25, 0.3) is 12.0 Å². The Bertz CT molecular complexity index is 699. The van der Waals surface area contributed by atoms with E-state index in [1.54, 1.807) is 0 Å². The zero-order chi connectivity index (χ0) is 16.7. The zero-order valence-corrected chi connectivity index (χ0v) is 12.6. The van der Waals surface area contributed by atoms with Crippen LogP contribution in [0.25, 0.3) is 11.2 Å². The number of aliphatic hydroxyl groups excluding tert-OH is 1. The highest BCUT2D eigenvalue weighted by molar-refractivity contribution is 5.66. The summed E-state index contributed by atoms with van der Waals surface area (Å²) in [4.78, 5) is 34.9. The fourth-order valence-electron chi connectivity index (χ4n) is 2.57. The number of nitrogens with zero attached hydrogens (tertiary/aromatic N) is 5. The van der Waals surface area contributed by atoms with Crippen molar-refractivity contribution in [2.24, 2.45) is 0 Å². The molecule has 1 unspecified atom stereocenters. The molecule has 1 aliphatic rings. The number of hydrogen-bond acceptors (Lipinski definition) is 7. The van der Waals surface area contributed by atoms with Crippen molar-refractivity contribution in [3.63, 3.8) is 0 Å². The summed E-state index contributed by atoms with van der Waals surface area (Å²) in [5, 5.41) is 17.0. The lowest BCUT2D eigenvalue weighted by molar-refractivity contribution is -0.122. The Balaban J connectivity index is 0.000000595. The average Bonchev–Trinajstić information content (AvgIpc) is 3.04. The molecule has 0 amide bonds. The van der Waals surface area contributed by atoms with Gasteiger partial charge in [-0.25, -0.2) is 15.0 Å². The Hall–Kier alpha value is -2.39. The standard InChI is InChI=1S/C13H17N5O2.CH2O2/c19-10(7-17-5-1-2-6-17)8-18-9-16-12-11(13(18)20)14-3-4-15-12;2-1-3/h3-4,9-10,19H,1-2,5-8H2;1H,(H,2,3). The van der Waals surface area contributed by atoms with E-state index < -0.39 is 6.10 Å². The van der Waals surface area contributed by atoms with E-state index in [2.05, 4.69) is 19.9 Å². The Morgan fingerprint density at radius 3 is 2.52 bits per heavy atom. The van der Waals surface area contributed by atoms with Crippen molar-refractivity contribution >= 4 is 17.6 Å². The van der Waals surface area contributed by atoms with Crippen LogP contribution in [0.1, 0.15) is 12.8 Å². The number of aliphatic hydroxyl groups is 1. The Labute approximate surface area is 132 Å². The number of carboxylic acid groups (broad SMARTS) is 1. The van der Waals surface area contributed by atoms with Crippen LogP contribution in [-0.2, 0) is 11.3 Å². The van der Waals surface area contributed by atoms with Gasteiger partial charge in [0.15, 0.2) is 11.2 Å². The highest BCUT2D eigenvalue weighted by atomic mass is 16.3. The van der Waals surface area contributed by atoms with E-state index in [1.807, 2.05) is 0 Å². The second kappa shape index (κ2) is 8.30. The first-order valence-electron chi connectivity index (χ1n) is 7.30. The van der Waals surface area contributed by atoms with Gasteiger partial charge in [-0.15, -0.1) is 0 Å². The van der Waals surface area contributed by atoms with E-state index >= 15 is 0 Å². The summed E-state index contributed by atoms with van der Waals surface area (Å²) in [6.45, 7) is 2.61. The maximum absolute atomic E-state index is 12.2. The molecule has 2 aromatic rings. The SMILES string of the molecule is O=CO.O=c1c2nccnc2ncn1CC(O)CN1CCCC1. The number of hydrogen-bond donors (Lipinski definition) is 2. The third kappa shape index (κ3) is 4.54. The number of aromatic nitrogens is 4. The Morgan fingerprint density at radius 2 is 1.83 bits per heavy atom. The normalized spacial score (nSPS) is 15.9. The molecule has 1 aliphatic heterocycles. The molecule has 1 saturated heterocycles. The summed E-state index contributed by atoms with van der Waals surface area (Å²) in [5.74, 6) is 0. The monoisotopic (exact) mass is 321 g/mol. The van der Waals surface area contributed by atoms with E-state index in [0.717, 1.165) is 13.1 Å². The lowest BCUT2D eigenvalue weighted by Crippen LogP contribution is -2.35. The summed E-state index contributed by atoms with van der Waals surface area (Å²) in [7, 11) is 0. The molecule has 9 nitrogen and oxygen atoms in total. The quantitative estimate of drug-likeness (QED) is 0.712. The van der Waals surface area contributed by atoms with Gasteiger partial charge in [-0.3, -0.25) is 14.2 Å². The fraction of sp³-hybridized carbons (Fsp3) is 0.500. The van der Waals surface area contributed by atoms with Crippen molar-refractivity contribution in [3.8, 4) is 0 Å². The van der Waals surface area contributed by atoms with Gasteiger partial charge < -0.3 is 15.1 Å². The van der Waals surface area contributed by atoms with Crippen LogP contribution in [0.5, 0.6) is 0 Å². The predicted molar refractivity (Wildman–Crippen MR) is 82.0 cm³/mol. The third-order valence-electron chi connectivity index (χ3n) is 3.54. The molecule has 124 valence electrons. The van der Waals surface area contributed by atoms with Crippen LogP contribution in [0, 0.1) is 0 Å². The lowest BCUT2D eigenvalue weighted by Gasteiger charge is -2.19. The van der Waals surface area contributed by atoms with Crippen molar-refractivity contribution in [1.29, 1.82) is 0 Å². The zero-order valence-electron chi connectivity index (χ0n) is 12.6. The predicted octanol–water partition coefficient (Wildman–Crippen LogP) is -0.656. The minimum absolute atomic E-state index is 0.231. The van der Waals surface area contributed by atoms with Crippen molar-refractivity contribution in [1.82, 2.24) is 24.4 Å². The molecular formula is C14H19N5O4. The summed E-state index contributed by atoms with van der Waals surface area (Å²) in [6.07, 6.45) is 6.17. The number of likely N-dealkylation sites (tertiary alicyclic amines) is 1. The molecule has 0 spiro atoms. The first kappa shape index (κ1) is 17.0. The van der Waals surface area contributed by atoms with Gasteiger partial charge in [0.2, 0.25) is 0 Å². The first-order chi connectivity index (χ1) is 11.2. The van der Waals surface area contributed by atoms with Crippen molar-refractivity contribution < 1.29 is 15.0 Å². The van der Waals surface area contributed by atoms with Crippen LogP contribution in [-0.4, -0.2) is 66.8 Å². The van der Waals surface area contributed by atoms with E-state index in [1.165, 1.54) is 36.1 Å². The summed E-state index contributed by atoms with van der Waals surface area (Å²) in [5.41, 5.74) is 0.315. The van der Waals surface area contributed by atoms with E-state index in [4.69, 9.17) is 9.90 Å². The van der Waals surface area contributed by atoms with Crippen molar-refractivity contribution in [2.45, 2.75) is 25.5 Å². The number of carbonyl (C=O) groups is 1. The van der Waals surface area contributed by atoms with Crippen LogP contribution < -0.4 is 5.56 Å². The Kier molecular flexibility index (Phi) is 6.12. The van der Waals surface area contributed by atoms with Crippen molar-refractivity contribution in [2.75, 3.05) is 19.6 Å². The number of fused-ring (bicyclic) bond motifs is 1. The molecule has 0 aromatic carbocycles. The lowest BCUT2D eigenvalue weighted by atomic mass is 10.3. The average molecular weight is 321 g/mol. The number of β-amino-alcohol motifs (C(OH)–C–C–N with tert-alkyl or cyclic N) is 1. The molecular weight excluding hydrogens is 302 g/mol. The Morgan fingerprint density at radius 1 is 1.17 bits per heavy atom. The smallest absolute Gasteiger partial charge is 0.290 e. The van der Waals surface area contributed by atoms with Crippen LogP contribution in [0.15, 0.2) is 23.5 Å². The third-order valence-corrected chi connectivity index (χ3v) is 3.54. The minimum Gasteiger partial charge on any atom is -0.483 e. The van der Waals surface area contributed by atoms with Crippen LogP contribution in [0.4, 0.5) is 0 Å². The van der Waals surface area contributed by atoms with Gasteiger partial charge in [-0.1, -0.05) is 0 Å². The van der Waals surface area contributed by atoms with Gasteiger partial charge in [0, 0.05) is 18.9 Å². The molecule has 1 atom stereocenters. The molecule has 9 heteroatoms. The summed E-state index contributed by atoms with van der Waals surface area (Å²) >= 11 is 0. The van der Waals surface area contributed by atoms with Crippen LogP contribution in [0.3, 0.4) is 0 Å². The second-order valence-electron chi connectivity index (χ2n) is 5.20. The van der Waals surface area contributed by atoms with Crippen molar-refractivity contribution in [3.05, 3.63) is 29.1 Å². The van der Waals surface area contributed by atoms with Gasteiger partial charge in [-0.2, -0.15) is 0 Å². The fourth-order valence-corrected chi connectivity index (χ4v) is 2.57. The van der Waals surface area contributed by atoms with E-state index in [9.17, 15) is 9.90 Å². The largest absolute Gasteiger partial charge is 0.483 e. The highest BCUT2D eigenvalue weighted by Gasteiger charge is 2.17. The van der Waals surface area contributed by atoms with Gasteiger partial charge in [0.1, 0.15) is 6.33 Å². The first-order valence-corrected chi connectivity index (χ1v) is 7.30. The summed E-state index contributed by atoms with van der Waals surface area (Å²) < 4.78 is 1.40. The van der Waals surface area contributed by atoms with Crippen LogP contribution >= 0.6 is 0 Å². The molecule has 0 bridgehead atoms. The molecule has 2 N–H and O–H groups in total. The topological polar surface area (TPSA) is 121 Å². The molecule has 3 rings (SSSR count). The number of rotatable bonds is 4. The summed E-state index contributed by atoms with van der Waals surface area (Å²) in [6, 6.07) is 0.